The van der Waals surface area contributed by atoms with Crippen molar-refractivity contribution in [2.24, 2.45) is 5.92 Å². The maximum Gasteiger partial charge on any atom is 0.252 e. The second-order valence-corrected chi connectivity index (χ2v) is 6.74. The van der Waals surface area contributed by atoms with Gasteiger partial charge in [0.05, 0.1) is 5.56 Å². The van der Waals surface area contributed by atoms with Gasteiger partial charge in [0.15, 0.2) is 0 Å². The molecule has 1 aliphatic rings. The summed E-state index contributed by atoms with van der Waals surface area (Å²) >= 11 is 6.83. The number of carbonyl (C=O) groups excluding carboxylic acids is 1. The van der Waals surface area contributed by atoms with Crippen LogP contribution >= 0.6 is 31.9 Å². The Morgan fingerprint density at radius 3 is 2.72 bits per heavy atom. The molecule has 18 heavy (non-hydrogen) atoms. The number of hydrogen-bond acceptors (Lipinski definition) is 1. The number of nitrogens with one attached hydrogen (secondary N) is 1. The van der Waals surface area contributed by atoms with Crippen molar-refractivity contribution in [1.29, 1.82) is 0 Å². The topological polar surface area (TPSA) is 29.1 Å². The molecule has 0 saturated heterocycles. The summed E-state index contributed by atoms with van der Waals surface area (Å²) in [6.07, 6.45) is 4.81. The van der Waals surface area contributed by atoms with E-state index in [0.29, 0.717) is 17.5 Å². The monoisotopic (exact) mass is 373 g/mol. The summed E-state index contributed by atoms with van der Waals surface area (Å²) in [4.78, 5) is 12.3. The van der Waals surface area contributed by atoms with E-state index in [2.05, 4.69) is 44.1 Å². The number of rotatable bonds is 2. The third kappa shape index (κ3) is 3.35. The minimum absolute atomic E-state index is 0.0157. The summed E-state index contributed by atoms with van der Waals surface area (Å²) in [7, 11) is 0. The van der Waals surface area contributed by atoms with E-state index in [1.165, 1.54) is 19.3 Å². The Morgan fingerprint density at radius 2 is 2.00 bits per heavy atom. The van der Waals surface area contributed by atoms with E-state index in [1.54, 1.807) is 0 Å². The summed E-state index contributed by atoms with van der Waals surface area (Å²) in [6.45, 7) is 2.22. The maximum atomic E-state index is 12.3. The number of amides is 1. The molecule has 0 unspecified atom stereocenters. The molecule has 98 valence electrons. The Labute approximate surface area is 125 Å². The molecule has 2 rings (SSSR count). The molecule has 1 aliphatic carbocycles. The van der Waals surface area contributed by atoms with Gasteiger partial charge < -0.3 is 5.32 Å². The van der Waals surface area contributed by atoms with Crippen LogP contribution in [0.25, 0.3) is 0 Å². The molecule has 0 heterocycles. The number of hydrogen-bond donors (Lipinski definition) is 1. The highest BCUT2D eigenvalue weighted by Crippen LogP contribution is 2.25. The van der Waals surface area contributed by atoms with Crippen molar-refractivity contribution in [3.63, 3.8) is 0 Å². The normalized spacial score (nSPS) is 23.7. The molecule has 0 aliphatic heterocycles. The Hall–Kier alpha value is -0.350. The van der Waals surface area contributed by atoms with Gasteiger partial charge in [-0.15, -0.1) is 0 Å². The zero-order chi connectivity index (χ0) is 13.1. The lowest BCUT2D eigenvalue weighted by Crippen LogP contribution is -2.41. The Bertz CT molecular complexity index is 447. The van der Waals surface area contributed by atoms with E-state index in [-0.39, 0.29) is 5.91 Å². The summed E-state index contributed by atoms with van der Waals surface area (Å²) in [5.74, 6) is 0.593. The summed E-state index contributed by atoms with van der Waals surface area (Å²) in [5, 5.41) is 3.16. The summed E-state index contributed by atoms with van der Waals surface area (Å²) < 4.78 is 1.76. The van der Waals surface area contributed by atoms with Crippen molar-refractivity contribution in [3.8, 4) is 0 Å². The van der Waals surface area contributed by atoms with Crippen molar-refractivity contribution in [1.82, 2.24) is 5.32 Å². The van der Waals surface area contributed by atoms with Crippen LogP contribution in [0.3, 0.4) is 0 Å². The van der Waals surface area contributed by atoms with E-state index in [4.69, 9.17) is 0 Å². The van der Waals surface area contributed by atoms with Crippen LogP contribution in [0.4, 0.5) is 0 Å². The minimum Gasteiger partial charge on any atom is -0.349 e. The third-order valence-corrected chi connectivity index (χ3v) is 4.79. The van der Waals surface area contributed by atoms with Crippen LogP contribution in [0.1, 0.15) is 43.0 Å². The van der Waals surface area contributed by atoms with Gasteiger partial charge in [-0.3, -0.25) is 4.79 Å². The number of carbonyl (C=O) groups is 1. The zero-order valence-electron chi connectivity index (χ0n) is 10.4. The predicted molar refractivity (Wildman–Crippen MR) is 80.7 cm³/mol. The number of benzene rings is 1. The van der Waals surface area contributed by atoms with Crippen LogP contribution < -0.4 is 5.32 Å². The zero-order valence-corrected chi connectivity index (χ0v) is 13.6. The smallest absolute Gasteiger partial charge is 0.252 e. The van der Waals surface area contributed by atoms with Crippen LogP contribution in [0.15, 0.2) is 27.1 Å². The molecule has 0 bridgehead atoms. The molecule has 1 fully saturated rings. The molecule has 0 aromatic heterocycles. The van der Waals surface area contributed by atoms with Crippen molar-refractivity contribution >= 4 is 37.8 Å². The highest BCUT2D eigenvalue weighted by molar-refractivity contribution is 9.11. The summed E-state index contributed by atoms with van der Waals surface area (Å²) in [6, 6.07) is 5.98. The standard InChI is InChI=1S/C14H17Br2NO/c1-9-4-2-3-5-13(9)17-14(18)11-8-10(15)6-7-12(11)16/h6-9,13H,2-5H2,1H3,(H,17,18)/t9-,13-/m1/s1. The second kappa shape index (κ2) is 6.20. The van der Waals surface area contributed by atoms with Crippen LogP contribution in [0, 0.1) is 5.92 Å². The van der Waals surface area contributed by atoms with Crippen molar-refractivity contribution < 1.29 is 4.79 Å². The van der Waals surface area contributed by atoms with Crippen LogP contribution in [0.5, 0.6) is 0 Å². The molecular weight excluding hydrogens is 358 g/mol. The van der Waals surface area contributed by atoms with Crippen LogP contribution in [0.2, 0.25) is 0 Å². The molecule has 1 aromatic carbocycles. The first-order chi connectivity index (χ1) is 8.58. The first kappa shape index (κ1) is 14.1. The molecular formula is C14H17Br2NO. The van der Waals surface area contributed by atoms with Gasteiger partial charge >= 0.3 is 0 Å². The molecule has 2 atom stereocenters. The SMILES string of the molecule is C[C@@H]1CCCC[C@H]1NC(=O)c1cc(Br)ccc1Br. The van der Waals surface area contributed by atoms with Gasteiger partial charge in [-0.25, -0.2) is 0 Å². The van der Waals surface area contributed by atoms with E-state index in [1.807, 2.05) is 18.2 Å². The third-order valence-electron chi connectivity index (χ3n) is 3.60. The average molecular weight is 375 g/mol. The quantitative estimate of drug-likeness (QED) is 0.809. The van der Waals surface area contributed by atoms with Gasteiger partial charge in [-0.05, 0) is 52.9 Å². The first-order valence-electron chi connectivity index (χ1n) is 6.34. The van der Waals surface area contributed by atoms with Crippen LogP contribution in [-0.4, -0.2) is 11.9 Å². The van der Waals surface area contributed by atoms with Gasteiger partial charge in [0.1, 0.15) is 0 Å². The number of halogens is 2. The summed E-state index contributed by atoms with van der Waals surface area (Å²) in [5.41, 5.74) is 0.696. The molecule has 0 radical (unpaired) electrons. The van der Waals surface area contributed by atoms with E-state index in [9.17, 15) is 4.79 Å². The first-order valence-corrected chi connectivity index (χ1v) is 7.92. The molecule has 1 aromatic rings. The lowest BCUT2D eigenvalue weighted by molar-refractivity contribution is 0.0909. The fourth-order valence-corrected chi connectivity index (χ4v) is 3.24. The average Bonchev–Trinajstić information content (AvgIpc) is 2.35. The molecule has 1 saturated carbocycles. The molecule has 0 spiro atoms. The maximum absolute atomic E-state index is 12.3. The van der Waals surface area contributed by atoms with E-state index < -0.39 is 0 Å². The van der Waals surface area contributed by atoms with Gasteiger partial charge in [0.25, 0.3) is 5.91 Å². The second-order valence-electron chi connectivity index (χ2n) is 4.97. The van der Waals surface area contributed by atoms with Gasteiger partial charge in [0.2, 0.25) is 0 Å². The van der Waals surface area contributed by atoms with E-state index in [0.717, 1.165) is 15.4 Å². The fraction of sp³-hybridized carbons (Fsp3) is 0.500. The van der Waals surface area contributed by atoms with Crippen LogP contribution in [-0.2, 0) is 0 Å². The highest BCUT2D eigenvalue weighted by atomic mass is 79.9. The van der Waals surface area contributed by atoms with Crippen molar-refractivity contribution in [3.05, 3.63) is 32.7 Å². The molecule has 1 amide bonds. The van der Waals surface area contributed by atoms with Gasteiger partial charge in [-0.1, -0.05) is 35.7 Å². The molecule has 1 N–H and O–H groups in total. The Morgan fingerprint density at radius 1 is 1.28 bits per heavy atom. The minimum atomic E-state index is 0.0157. The Kier molecular flexibility index (Phi) is 4.84. The lowest BCUT2D eigenvalue weighted by Gasteiger charge is -2.29. The molecule has 2 nitrogen and oxygen atoms in total. The highest BCUT2D eigenvalue weighted by Gasteiger charge is 2.23. The van der Waals surface area contributed by atoms with Crippen molar-refractivity contribution in [2.75, 3.05) is 0 Å². The van der Waals surface area contributed by atoms with Gasteiger partial charge in [0, 0.05) is 15.0 Å². The fourth-order valence-electron chi connectivity index (χ4n) is 2.45. The molecule has 4 heteroatoms. The Balaban J connectivity index is 2.09. The largest absolute Gasteiger partial charge is 0.349 e. The lowest BCUT2D eigenvalue weighted by atomic mass is 9.86. The van der Waals surface area contributed by atoms with Gasteiger partial charge in [-0.2, -0.15) is 0 Å². The van der Waals surface area contributed by atoms with Crippen molar-refractivity contribution in [2.45, 2.75) is 38.6 Å². The van der Waals surface area contributed by atoms with E-state index >= 15 is 0 Å². The predicted octanol–water partition coefficient (Wildman–Crippen LogP) is 4.52.